The fraction of sp³-hybridized carbons (Fsp3) is 0.250. The van der Waals surface area contributed by atoms with Gasteiger partial charge in [-0.05, 0) is 12.0 Å². The van der Waals surface area contributed by atoms with E-state index in [0.717, 1.165) is 17.1 Å². The zero-order chi connectivity index (χ0) is 8.81. The molecular weight excluding hydrogens is 154 g/mol. The molecule has 0 unspecified atom stereocenters. The molecule has 4 nitrogen and oxygen atoms in total. The lowest BCUT2D eigenvalue weighted by atomic mass is 10.2. The molecule has 1 rings (SSSR count). The van der Waals surface area contributed by atoms with Crippen molar-refractivity contribution in [1.29, 1.82) is 0 Å². The lowest BCUT2D eigenvalue weighted by Crippen LogP contribution is -2.26. The van der Waals surface area contributed by atoms with Crippen molar-refractivity contribution in [3.8, 4) is 0 Å². The summed E-state index contributed by atoms with van der Waals surface area (Å²) in [6, 6.07) is 9.81. The number of nitroso groups, excluding NO2 is 1. The Labute approximate surface area is 70.9 Å². The smallest absolute Gasteiger partial charge is 0.0682 e. The second-order valence-electron chi connectivity index (χ2n) is 2.48. The topological polar surface area (TPSA) is 58.7 Å². The van der Waals surface area contributed by atoms with E-state index in [-0.39, 0.29) is 0 Å². The molecule has 1 aromatic rings. The van der Waals surface area contributed by atoms with E-state index in [1.165, 1.54) is 0 Å². The molecule has 4 heteroatoms. The quantitative estimate of drug-likeness (QED) is 0.412. The van der Waals surface area contributed by atoms with E-state index in [4.69, 9.17) is 5.84 Å². The van der Waals surface area contributed by atoms with Crippen LogP contribution < -0.4 is 5.84 Å². The fourth-order valence-corrected chi connectivity index (χ4v) is 0.929. The Balaban J connectivity index is 2.38. The number of nitrogens with two attached hydrogens (primary N) is 1. The summed E-state index contributed by atoms with van der Waals surface area (Å²) in [5.41, 5.74) is 1.15. The Morgan fingerprint density at radius 3 is 2.58 bits per heavy atom. The van der Waals surface area contributed by atoms with E-state index in [1.807, 2.05) is 30.3 Å². The first-order valence-electron chi connectivity index (χ1n) is 3.72. The normalized spacial score (nSPS) is 9.42. The summed E-state index contributed by atoms with van der Waals surface area (Å²) in [6.07, 6.45) is 0.739. The van der Waals surface area contributed by atoms with Gasteiger partial charge >= 0.3 is 0 Å². The van der Waals surface area contributed by atoms with Gasteiger partial charge in [-0.3, -0.25) is 0 Å². The summed E-state index contributed by atoms with van der Waals surface area (Å²) < 4.78 is 0. The van der Waals surface area contributed by atoms with Gasteiger partial charge in [0.15, 0.2) is 0 Å². The Kier molecular flexibility index (Phi) is 3.22. The number of rotatable bonds is 4. The van der Waals surface area contributed by atoms with Crippen molar-refractivity contribution in [2.45, 2.75) is 6.42 Å². The van der Waals surface area contributed by atoms with Crippen LogP contribution in [0.3, 0.4) is 0 Å². The molecule has 0 aliphatic carbocycles. The molecule has 0 aromatic heterocycles. The van der Waals surface area contributed by atoms with Gasteiger partial charge in [-0.25, -0.2) is 5.84 Å². The first-order chi connectivity index (χ1) is 5.83. The van der Waals surface area contributed by atoms with Crippen LogP contribution in [0, 0.1) is 4.91 Å². The van der Waals surface area contributed by atoms with Crippen LogP contribution in [0.5, 0.6) is 0 Å². The van der Waals surface area contributed by atoms with Gasteiger partial charge in [0.1, 0.15) is 0 Å². The molecule has 0 aliphatic rings. The summed E-state index contributed by atoms with van der Waals surface area (Å²) >= 11 is 0. The molecule has 0 heterocycles. The van der Waals surface area contributed by atoms with Gasteiger partial charge in [-0.15, -0.1) is 4.91 Å². The number of hydrogen-bond donors (Lipinski definition) is 1. The highest BCUT2D eigenvalue weighted by atomic mass is 16.3. The molecule has 0 bridgehead atoms. The van der Waals surface area contributed by atoms with Crippen molar-refractivity contribution >= 4 is 0 Å². The minimum absolute atomic E-state index is 0.452. The standard InChI is InChI=1S/C8H11N3O/c9-11(10-12)7-6-8-4-2-1-3-5-8/h1-5H,6-7,9H2. The lowest BCUT2D eigenvalue weighted by Gasteiger charge is -2.06. The molecular formula is C8H11N3O. The van der Waals surface area contributed by atoms with Crippen LogP contribution in [0.1, 0.15) is 5.56 Å². The number of nitrogens with zero attached hydrogens (tertiary/aromatic N) is 2. The van der Waals surface area contributed by atoms with Crippen LogP contribution in [0.2, 0.25) is 0 Å². The zero-order valence-corrected chi connectivity index (χ0v) is 6.68. The van der Waals surface area contributed by atoms with Gasteiger partial charge in [-0.1, -0.05) is 30.3 Å². The first kappa shape index (κ1) is 8.67. The van der Waals surface area contributed by atoms with Crippen LogP contribution in [0.25, 0.3) is 0 Å². The predicted octanol–water partition coefficient (Wildman–Crippen LogP) is 1.09. The van der Waals surface area contributed by atoms with Crippen LogP contribution in [0.15, 0.2) is 35.6 Å². The third-order valence-corrected chi connectivity index (χ3v) is 1.58. The van der Waals surface area contributed by atoms with E-state index >= 15 is 0 Å². The maximum Gasteiger partial charge on any atom is 0.0682 e. The molecule has 0 amide bonds. The molecule has 12 heavy (non-hydrogen) atoms. The Bertz CT molecular complexity index is 237. The van der Waals surface area contributed by atoms with Crippen molar-refractivity contribution in [3.05, 3.63) is 40.8 Å². The summed E-state index contributed by atoms with van der Waals surface area (Å²) in [6.45, 7) is 0.452. The Morgan fingerprint density at radius 1 is 1.33 bits per heavy atom. The Hall–Kier alpha value is -1.42. The van der Waals surface area contributed by atoms with Gasteiger partial charge in [0.25, 0.3) is 0 Å². The summed E-state index contributed by atoms with van der Waals surface area (Å²) in [4.78, 5) is 9.88. The van der Waals surface area contributed by atoms with E-state index in [0.29, 0.717) is 6.54 Å². The van der Waals surface area contributed by atoms with Crippen LogP contribution in [-0.2, 0) is 6.42 Å². The van der Waals surface area contributed by atoms with Gasteiger partial charge in [-0.2, -0.15) is 5.12 Å². The highest BCUT2D eigenvalue weighted by Gasteiger charge is 1.95. The minimum atomic E-state index is 0.452. The van der Waals surface area contributed by atoms with Gasteiger partial charge in [0.05, 0.1) is 11.8 Å². The van der Waals surface area contributed by atoms with Crippen LogP contribution in [0.4, 0.5) is 0 Å². The number of benzene rings is 1. The van der Waals surface area contributed by atoms with Gasteiger partial charge in [0.2, 0.25) is 0 Å². The summed E-state index contributed by atoms with van der Waals surface area (Å²) in [5, 5.41) is 3.46. The highest BCUT2D eigenvalue weighted by molar-refractivity contribution is 5.14. The molecule has 2 N–H and O–H groups in total. The Morgan fingerprint density at radius 2 is 2.00 bits per heavy atom. The summed E-state index contributed by atoms with van der Waals surface area (Å²) in [7, 11) is 0. The van der Waals surface area contributed by atoms with Crippen molar-refractivity contribution in [1.82, 2.24) is 5.12 Å². The zero-order valence-electron chi connectivity index (χ0n) is 6.68. The second-order valence-corrected chi connectivity index (χ2v) is 2.48. The largest absolute Gasteiger partial charge is 0.229 e. The molecule has 64 valence electrons. The second kappa shape index (κ2) is 4.46. The highest BCUT2D eigenvalue weighted by Crippen LogP contribution is 1.99. The molecule has 0 spiro atoms. The average molecular weight is 165 g/mol. The van der Waals surface area contributed by atoms with Crippen molar-refractivity contribution < 1.29 is 0 Å². The molecule has 0 saturated carbocycles. The van der Waals surface area contributed by atoms with Crippen LogP contribution >= 0.6 is 0 Å². The molecule has 0 aliphatic heterocycles. The van der Waals surface area contributed by atoms with Crippen molar-refractivity contribution in [2.75, 3.05) is 6.54 Å². The molecule has 0 saturated heterocycles. The van der Waals surface area contributed by atoms with Crippen molar-refractivity contribution in [2.24, 2.45) is 11.1 Å². The van der Waals surface area contributed by atoms with Crippen LogP contribution in [-0.4, -0.2) is 11.7 Å². The fourth-order valence-electron chi connectivity index (χ4n) is 0.929. The first-order valence-corrected chi connectivity index (χ1v) is 3.72. The number of hydrogen-bond acceptors (Lipinski definition) is 3. The lowest BCUT2D eigenvalue weighted by molar-refractivity contribution is 0.298. The van der Waals surface area contributed by atoms with Crippen molar-refractivity contribution in [3.63, 3.8) is 0 Å². The monoisotopic (exact) mass is 165 g/mol. The SMILES string of the molecule is NN(CCc1ccccc1)N=O. The van der Waals surface area contributed by atoms with E-state index < -0.39 is 0 Å². The van der Waals surface area contributed by atoms with E-state index in [9.17, 15) is 4.91 Å². The maximum atomic E-state index is 9.88. The third-order valence-electron chi connectivity index (χ3n) is 1.58. The number of hydrazine groups is 1. The molecule has 0 fully saturated rings. The van der Waals surface area contributed by atoms with E-state index in [1.54, 1.807) is 0 Å². The average Bonchev–Trinajstić information content (AvgIpc) is 2.16. The molecule has 0 atom stereocenters. The van der Waals surface area contributed by atoms with Gasteiger partial charge in [0, 0.05) is 0 Å². The van der Waals surface area contributed by atoms with Gasteiger partial charge < -0.3 is 0 Å². The predicted molar refractivity (Wildman–Crippen MR) is 46.8 cm³/mol. The molecule has 0 radical (unpaired) electrons. The van der Waals surface area contributed by atoms with E-state index in [2.05, 4.69) is 5.29 Å². The summed E-state index contributed by atoms with van der Waals surface area (Å²) in [5.74, 6) is 5.17. The third kappa shape index (κ3) is 2.67. The molecule has 1 aromatic carbocycles. The maximum absolute atomic E-state index is 9.88. The minimum Gasteiger partial charge on any atom is -0.229 e.